The van der Waals surface area contributed by atoms with Gasteiger partial charge in [0.2, 0.25) is 5.91 Å². The van der Waals surface area contributed by atoms with Gasteiger partial charge in [0.25, 0.3) is 0 Å². The molecule has 0 aliphatic carbocycles. The van der Waals surface area contributed by atoms with Crippen LogP contribution < -0.4 is 10.6 Å². The molecule has 0 aromatic heterocycles. The standard InChI is InChI=1S/C12H22N2O2/c1-9-7-11(4-6-16-9)14-12(15)10-3-2-5-13-8-10/h9-11,13H,2-8H2,1H3,(H,14,15). The summed E-state index contributed by atoms with van der Waals surface area (Å²) in [4.78, 5) is 12.0. The van der Waals surface area contributed by atoms with E-state index in [1.54, 1.807) is 0 Å². The molecule has 2 aliphatic rings. The number of carbonyl (C=O) groups is 1. The maximum absolute atomic E-state index is 12.0. The van der Waals surface area contributed by atoms with Crippen LogP contribution in [-0.2, 0) is 9.53 Å². The molecule has 2 saturated heterocycles. The van der Waals surface area contributed by atoms with Crippen LogP contribution in [-0.4, -0.2) is 37.7 Å². The molecule has 0 aromatic carbocycles. The molecule has 2 rings (SSSR count). The van der Waals surface area contributed by atoms with E-state index >= 15 is 0 Å². The molecule has 4 nitrogen and oxygen atoms in total. The van der Waals surface area contributed by atoms with Crippen LogP contribution in [0.5, 0.6) is 0 Å². The van der Waals surface area contributed by atoms with E-state index in [0.29, 0.717) is 6.04 Å². The molecule has 0 bridgehead atoms. The molecule has 1 amide bonds. The van der Waals surface area contributed by atoms with Gasteiger partial charge in [-0.05, 0) is 39.2 Å². The Balaban J connectivity index is 1.77. The van der Waals surface area contributed by atoms with E-state index in [4.69, 9.17) is 4.74 Å². The third-order valence-corrected chi connectivity index (χ3v) is 3.50. The van der Waals surface area contributed by atoms with E-state index in [1.165, 1.54) is 0 Å². The van der Waals surface area contributed by atoms with Crippen molar-refractivity contribution in [2.24, 2.45) is 5.92 Å². The molecule has 16 heavy (non-hydrogen) atoms. The minimum atomic E-state index is 0.173. The Hall–Kier alpha value is -0.610. The summed E-state index contributed by atoms with van der Waals surface area (Å²) in [5.41, 5.74) is 0. The lowest BCUT2D eigenvalue weighted by molar-refractivity contribution is -0.127. The number of nitrogens with one attached hydrogen (secondary N) is 2. The summed E-state index contributed by atoms with van der Waals surface area (Å²) in [5.74, 6) is 0.401. The van der Waals surface area contributed by atoms with Gasteiger partial charge in [-0.3, -0.25) is 4.79 Å². The fourth-order valence-electron chi connectivity index (χ4n) is 2.52. The van der Waals surface area contributed by atoms with E-state index in [2.05, 4.69) is 17.6 Å². The van der Waals surface area contributed by atoms with Crippen LogP contribution in [0.1, 0.15) is 32.6 Å². The van der Waals surface area contributed by atoms with Gasteiger partial charge in [0, 0.05) is 19.2 Å². The molecule has 3 unspecified atom stereocenters. The van der Waals surface area contributed by atoms with E-state index < -0.39 is 0 Å². The zero-order chi connectivity index (χ0) is 11.4. The second kappa shape index (κ2) is 5.64. The van der Waals surface area contributed by atoms with Crippen LogP contribution in [0.25, 0.3) is 0 Å². The van der Waals surface area contributed by atoms with E-state index in [1.807, 2.05) is 0 Å². The zero-order valence-electron chi connectivity index (χ0n) is 10.00. The highest BCUT2D eigenvalue weighted by Crippen LogP contribution is 2.15. The predicted molar refractivity (Wildman–Crippen MR) is 62.2 cm³/mol. The number of piperidine rings is 1. The Kier molecular flexibility index (Phi) is 4.18. The summed E-state index contributed by atoms with van der Waals surface area (Å²) in [6, 6.07) is 0.318. The van der Waals surface area contributed by atoms with Crippen LogP contribution in [0.15, 0.2) is 0 Å². The summed E-state index contributed by atoms with van der Waals surface area (Å²) < 4.78 is 5.47. The molecule has 2 aliphatic heterocycles. The Morgan fingerprint density at radius 3 is 3.00 bits per heavy atom. The third kappa shape index (κ3) is 3.19. The number of hydrogen-bond acceptors (Lipinski definition) is 3. The average molecular weight is 226 g/mol. The van der Waals surface area contributed by atoms with Crippen molar-refractivity contribution in [3.63, 3.8) is 0 Å². The van der Waals surface area contributed by atoms with Crippen molar-refractivity contribution in [3.8, 4) is 0 Å². The number of rotatable bonds is 2. The largest absolute Gasteiger partial charge is 0.378 e. The van der Waals surface area contributed by atoms with Gasteiger partial charge in [0.15, 0.2) is 0 Å². The lowest BCUT2D eigenvalue weighted by Gasteiger charge is -2.30. The minimum absolute atomic E-state index is 0.173. The minimum Gasteiger partial charge on any atom is -0.378 e. The molecule has 2 heterocycles. The van der Waals surface area contributed by atoms with Crippen molar-refractivity contribution in [3.05, 3.63) is 0 Å². The summed E-state index contributed by atoms with van der Waals surface area (Å²) in [6.45, 7) is 4.73. The van der Waals surface area contributed by atoms with E-state index in [9.17, 15) is 4.79 Å². The highest BCUT2D eigenvalue weighted by atomic mass is 16.5. The molecule has 92 valence electrons. The first-order valence-electron chi connectivity index (χ1n) is 6.38. The van der Waals surface area contributed by atoms with Gasteiger partial charge in [-0.25, -0.2) is 0 Å². The predicted octanol–water partition coefficient (Wildman–Crippen LogP) is 0.670. The molecule has 2 fully saturated rings. The van der Waals surface area contributed by atoms with Crippen molar-refractivity contribution >= 4 is 5.91 Å². The second-order valence-electron chi connectivity index (χ2n) is 4.95. The molecule has 0 spiro atoms. The normalized spacial score (nSPS) is 35.7. The Labute approximate surface area is 97.1 Å². The summed E-state index contributed by atoms with van der Waals surface area (Å²) in [5, 5.41) is 6.44. The first-order valence-corrected chi connectivity index (χ1v) is 6.38. The lowest BCUT2D eigenvalue weighted by Crippen LogP contribution is -2.47. The maximum atomic E-state index is 12.0. The fourth-order valence-corrected chi connectivity index (χ4v) is 2.52. The van der Waals surface area contributed by atoms with E-state index in [-0.39, 0.29) is 17.9 Å². The summed E-state index contributed by atoms with van der Waals surface area (Å²) in [7, 11) is 0. The van der Waals surface area contributed by atoms with Gasteiger partial charge < -0.3 is 15.4 Å². The summed E-state index contributed by atoms with van der Waals surface area (Å²) >= 11 is 0. The van der Waals surface area contributed by atoms with Gasteiger partial charge in [-0.2, -0.15) is 0 Å². The van der Waals surface area contributed by atoms with Crippen molar-refractivity contribution < 1.29 is 9.53 Å². The van der Waals surface area contributed by atoms with Crippen LogP contribution >= 0.6 is 0 Å². The quantitative estimate of drug-likeness (QED) is 0.727. The van der Waals surface area contributed by atoms with Crippen LogP contribution in [0.2, 0.25) is 0 Å². The monoisotopic (exact) mass is 226 g/mol. The number of hydrogen-bond donors (Lipinski definition) is 2. The second-order valence-corrected chi connectivity index (χ2v) is 4.95. The van der Waals surface area contributed by atoms with Gasteiger partial charge in [0.05, 0.1) is 12.0 Å². The Morgan fingerprint density at radius 2 is 2.31 bits per heavy atom. The van der Waals surface area contributed by atoms with Crippen molar-refractivity contribution in [2.75, 3.05) is 19.7 Å². The highest BCUT2D eigenvalue weighted by Gasteiger charge is 2.25. The molecule has 2 N–H and O–H groups in total. The van der Waals surface area contributed by atoms with E-state index in [0.717, 1.165) is 45.4 Å². The molecule has 0 saturated carbocycles. The maximum Gasteiger partial charge on any atom is 0.224 e. The Morgan fingerprint density at radius 1 is 1.44 bits per heavy atom. The third-order valence-electron chi connectivity index (χ3n) is 3.50. The number of ether oxygens (including phenoxy) is 1. The molecular weight excluding hydrogens is 204 g/mol. The average Bonchev–Trinajstić information content (AvgIpc) is 2.30. The van der Waals surface area contributed by atoms with Crippen molar-refractivity contribution in [1.29, 1.82) is 0 Å². The topological polar surface area (TPSA) is 50.4 Å². The Bertz CT molecular complexity index is 239. The SMILES string of the molecule is CC1CC(NC(=O)C2CCCNC2)CCO1. The fraction of sp³-hybridized carbons (Fsp3) is 0.917. The first kappa shape index (κ1) is 11.9. The zero-order valence-corrected chi connectivity index (χ0v) is 10.00. The molecule has 0 radical (unpaired) electrons. The lowest BCUT2D eigenvalue weighted by atomic mass is 9.97. The number of amides is 1. The van der Waals surface area contributed by atoms with Gasteiger partial charge >= 0.3 is 0 Å². The highest BCUT2D eigenvalue weighted by molar-refractivity contribution is 5.79. The van der Waals surface area contributed by atoms with Crippen LogP contribution in [0.3, 0.4) is 0 Å². The van der Waals surface area contributed by atoms with Crippen LogP contribution in [0.4, 0.5) is 0 Å². The molecular formula is C12H22N2O2. The number of carbonyl (C=O) groups excluding carboxylic acids is 1. The van der Waals surface area contributed by atoms with Gasteiger partial charge in [-0.1, -0.05) is 0 Å². The summed E-state index contributed by atoms with van der Waals surface area (Å²) in [6.07, 6.45) is 4.32. The molecule has 3 atom stereocenters. The first-order chi connectivity index (χ1) is 7.75. The van der Waals surface area contributed by atoms with Gasteiger partial charge in [0.1, 0.15) is 0 Å². The van der Waals surface area contributed by atoms with Crippen LogP contribution in [0, 0.1) is 5.92 Å². The van der Waals surface area contributed by atoms with Gasteiger partial charge in [-0.15, -0.1) is 0 Å². The van der Waals surface area contributed by atoms with Crippen molar-refractivity contribution in [2.45, 2.75) is 44.8 Å². The molecule has 0 aromatic rings. The van der Waals surface area contributed by atoms with Crippen molar-refractivity contribution in [1.82, 2.24) is 10.6 Å². The molecule has 4 heteroatoms. The smallest absolute Gasteiger partial charge is 0.224 e.